The van der Waals surface area contributed by atoms with E-state index in [9.17, 15) is 0 Å². The van der Waals surface area contributed by atoms with Gasteiger partial charge in [-0.1, -0.05) is 19.1 Å². The van der Waals surface area contributed by atoms with Crippen molar-refractivity contribution in [3.63, 3.8) is 0 Å². The second-order valence-corrected chi connectivity index (χ2v) is 5.04. The third-order valence-electron chi connectivity index (χ3n) is 3.18. The molecule has 1 aromatic rings. The van der Waals surface area contributed by atoms with Crippen LogP contribution in [0.3, 0.4) is 0 Å². The van der Waals surface area contributed by atoms with Crippen molar-refractivity contribution < 1.29 is 9.84 Å². The van der Waals surface area contributed by atoms with Crippen LogP contribution in [-0.4, -0.2) is 42.9 Å². The minimum absolute atomic E-state index is 0.234. The fraction of sp³-hybridized carbons (Fsp3) is 0.625. The van der Waals surface area contributed by atoms with Crippen molar-refractivity contribution in [2.75, 3.05) is 32.8 Å². The maximum absolute atomic E-state index is 8.99. The van der Waals surface area contributed by atoms with Crippen molar-refractivity contribution >= 4 is 0 Å². The second-order valence-electron chi connectivity index (χ2n) is 5.04. The zero-order valence-electron chi connectivity index (χ0n) is 12.5. The molecule has 19 heavy (non-hydrogen) atoms. The van der Waals surface area contributed by atoms with Gasteiger partial charge < -0.3 is 14.7 Å². The van der Waals surface area contributed by atoms with Gasteiger partial charge in [0.1, 0.15) is 5.75 Å². The van der Waals surface area contributed by atoms with E-state index in [2.05, 4.69) is 43.9 Å². The molecule has 0 amide bonds. The lowest BCUT2D eigenvalue weighted by Gasteiger charge is -2.20. The highest BCUT2D eigenvalue weighted by atomic mass is 16.5. The molecule has 3 nitrogen and oxygen atoms in total. The van der Waals surface area contributed by atoms with Gasteiger partial charge in [0.05, 0.1) is 13.2 Å². The quantitative estimate of drug-likeness (QED) is 0.697. The molecule has 0 atom stereocenters. The molecule has 108 valence electrons. The number of aryl methyl sites for hydroxylation is 2. The molecule has 1 rings (SSSR count). The Morgan fingerprint density at radius 2 is 1.95 bits per heavy atom. The maximum Gasteiger partial charge on any atom is 0.122 e. The van der Waals surface area contributed by atoms with Gasteiger partial charge in [0.15, 0.2) is 0 Å². The summed E-state index contributed by atoms with van der Waals surface area (Å²) in [7, 11) is 0. The van der Waals surface area contributed by atoms with Crippen LogP contribution in [0.15, 0.2) is 18.2 Å². The van der Waals surface area contributed by atoms with Crippen LogP contribution in [0.5, 0.6) is 5.75 Å². The third kappa shape index (κ3) is 6.08. The summed E-state index contributed by atoms with van der Waals surface area (Å²) in [6.07, 6.45) is 2.12. The van der Waals surface area contributed by atoms with E-state index in [4.69, 9.17) is 9.84 Å². The molecule has 0 saturated carbocycles. The van der Waals surface area contributed by atoms with Crippen LogP contribution in [0, 0.1) is 13.8 Å². The van der Waals surface area contributed by atoms with Gasteiger partial charge in [0, 0.05) is 13.1 Å². The van der Waals surface area contributed by atoms with E-state index in [-0.39, 0.29) is 6.61 Å². The number of hydrogen-bond acceptors (Lipinski definition) is 3. The zero-order chi connectivity index (χ0) is 14.1. The van der Waals surface area contributed by atoms with Crippen molar-refractivity contribution in [1.29, 1.82) is 0 Å². The number of rotatable bonds is 9. The van der Waals surface area contributed by atoms with Gasteiger partial charge >= 0.3 is 0 Å². The Balaban J connectivity index is 2.31. The van der Waals surface area contributed by atoms with Crippen LogP contribution < -0.4 is 4.74 Å². The Morgan fingerprint density at radius 1 is 1.16 bits per heavy atom. The Hall–Kier alpha value is -1.06. The summed E-state index contributed by atoms with van der Waals surface area (Å²) < 4.78 is 5.84. The van der Waals surface area contributed by atoms with E-state index in [1.807, 2.05) is 0 Å². The second kappa shape index (κ2) is 8.94. The molecule has 0 aliphatic heterocycles. The molecule has 0 unspecified atom stereocenters. The molecule has 0 bridgehead atoms. The van der Waals surface area contributed by atoms with Gasteiger partial charge in [-0.05, 0) is 50.4 Å². The molecule has 0 radical (unpaired) electrons. The van der Waals surface area contributed by atoms with Crippen LogP contribution in [0.4, 0.5) is 0 Å². The first-order valence-electron chi connectivity index (χ1n) is 7.20. The van der Waals surface area contributed by atoms with Crippen LogP contribution >= 0.6 is 0 Å². The van der Waals surface area contributed by atoms with E-state index in [1.165, 1.54) is 11.1 Å². The lowest BCUT2D eigenvalue weighted by molar-refractivity contribution is 0.183. The summed E-state index contributed by atoms with van der Waals surface area (Å²) in [6, 6.07) is 6.29. The largest absolute Gasteiger partial charge is 0.493 e. The fourth-order valence-electron chi connectivity index (χ4n) is 2.13. The van der Waals surface area contributed by atoms with Gasteiger partial charge in [-0.3, -0.25) is 0 Å². The molecule has 0 heterocycles. The highest BCUT2D eigenvalue weighted by Crippen LogP contribution is 2.19. The smallest absolute Gasteiger partial charge is 0.122 e. The molecule has 3 heteroatoms. The number of aliphatic hydroxyl groups is 1. The topological polar surface area (TPSA) is 32.7 Å². The van der Waals surface area contributed by atoms with Gasteiger partial charge in [0.2, 0.25) is 0 Å². The van der Waals surface area contributed by atoms with E-state index in [1.54, 1.807) is 0 Å². The van der Waals surface area contributed by atoms with Gasteiger partial charge in [-0.25, -0.2) is 0 Å². The van der Waals surface area contributed by atoms with E-state index >= 15 is 0 Å². The molecule has 0 aliphatic carbocycles. The van der Waals surface area contributed by atoms with E-state index < -0.39 is 0 Å². The summed E-state index contributed by atoms with van der Waals surface area (Å²) >= 11 is 0. The lowest BCUT2D eigenvalue weighted by Crippen LogP contribution is -2.29. The number of benzene rings is 1. The molecule has 1 aromatic carbocycles. The average molecular weight is 265 g/mol. The normalized spacial score (nSPS) is 11.0. The minimum atomic E-state index is 0.234. The number of aliphatic hydroxyl groups excluding tert-OH is 1. The Morgan fingerprint density at radius 3 is 2.63 bits per heavy atom. The highest BCUT2D eigenvalue weighted by molar-refractivity contribution is 5.35. The highest BCUT2D eigenvalue weighted by Gasteiger charge is 2.04. The summed E-state index contributed by atoms with van der Waals surface area (Å²) in [5, 5.41) is 8.99. The molecule has 0 aromatic heterocycles. The molecular weight excluding hydrogens is 238 g/mol. The van der Waals surface area contributed by atoms with E-state index in [0.717, 1.165) is 44.8 Å². The zero-order valence-corrected chi connectivity index (χ0v) is 12.5. The van der Waals surface area contributed by atoms with Crippen molar-refractivity contribution in [3.8, 4) is 5.75 Å². The Kier molecular flexibility index (Phi) is 7.53. The monoisotopic (exact) mass is 265 g/mol. The van der Waals surface area contributed by atoms with Gasteiger partial charge in [-0.15, -0.1) is 0 Å². The number of ether oxygens (including phenoxy) is 1. The van der Waals surface area contributed by atoms with Crippen LogP contribution in [0.1, 0.15) is 30.9 Å². The van der Waals surface area contributed by atoms with E-state index in [0.29, 0.717) is 0 Å². The summed E-state index contributed by atoms with van der Waals surface area (Å²) in [5.41, 5.74) is 2.42. The molecular formula is C16H27NO2. The van der Waals surface area contributed by atoms with Crippen LogP contribution in [0.25, 0.3) is 0 Å². The third-order valence-corrected chi connectivity index (χ3v) is 3.18. The van der Waals surface area contributed by atoms with Gasteiger partial charge in [0.25, 0.3) is 0 Å². The minimum Gasteiger partial charge on any atom is -0.493 e. The molecule has 0 fully saturated rings. The summed E-state index contributed by atoms with van der Waals surface area (Å²) in [4.78, 5) is 2.28. The first-order valence-corrected chi connectivity index (χ1v) is 7.20. The Bertz CT molecular complexity index is 360. The first kappa shape index (κ1) is 16.0. The molecule has 0 spiro atoms. The number of nitrogens with zero attached hydrogens (tertiary/aromatic N) is 1. The summed E-state index contributed by atoms with van der Waals surface area (Å²) in [5.74, 6) is 0.990. The first-order chi connectivity index (χ1) is 9.17. The SMILES string of the molecule is CCCN(CCO)CCCOc1cc(C)ccc1C. The number of hydrogen-bond donors (Lipinski definition) is 1. The predicted octanol–water partition coefficient (Wildman–Crippen LogP) is 2.78. The van der Waals surface area contributed by atoms with Crippen LogP contribution in [-0.2, 0) is 0 Å². The summed E-state index contributed by atoms with van der Waals surface area (Å²) in [6.45, 7) is 10.1. The van der Waals surface area contributed by atoms with Crippen molar-refractivity contribution in [1.82, 2.24) is 4.90 Å². The van der Waals surface area contributed by atoms with Gasteiger partial charge in [-0.2, -0.15) is 0 Å². The standard InChI is InChI=1S/C16H27NO2/c1-4-8-17(10-11-18)9-5-12-19-16-13-14(2)6-7-15(16)3/h6-7,13,18H,4-5,8-12H2,1-3H3. The van der Waals surface area contributed by atoms with Crippen molar-refractivity contribution in [2.45, 2.75) is 33.6 Å². The van der Waals surface area contributed by atoms with Crippen LogP contribution in [0.2, 0.25) is 0 Å². The average Bonchev–Trinajstić information content (AvgIpc) is 2.39. The van der Waals surface area contributed by atoms with Crippen molar-refractivity contribution in [2.24, 2.45) is 0 Å². The fourth-order valence-corrected chi connectivity index (χ4v) is 2.13. The lowest BCUT2D eigenvalue weighted by atomic mass is 10.1. The Labute approximate surface area is 117 Å². The maximum atomic E-state index is 8.99. The van der Waals surface area contributed by atoms with Crippen molar-refractivity contribution in [3.05, 3.63) is 29.3 Å². The molecule has 0 aliphatic rings. The predicted molar refractivity (Wildman–Crippen MR) is 79.8 cm³/mol. The molecule has 1 N–H and O–H groups in total. The molecule has 0 saturated heterocycles.